The second kappa shape index (κ2) is 7.74. The van der Waals surface area contributed by atoms with Crippen molar-refractivity contribution in [3.8, 4) is 17.2 Å². The molecule has 2 rings (SSSR count). The third-order valence-electron chi connectivity index (χ3n) is 4.50. The molecule has 1 N–H and O–H groups in total. The van der Waals surface area contributed by atoms with E-state index in [1.54, 1.807) is 6.07 Å². The Balaban J connectivity index is 2.62. The topological polar surface area (TPSA) is 85.3 Å². The Bertz CT molecular complexity index is 672. The van der Waals surface area contributed by atoms with Gasteiger partial charge in [-0.05, 0) is 20.4 Å². The fraction of sp³-hybridized carbons (Fsp3) is 0.556. The predicted octanol–water partition coefficient (Wildman–Crippen LogP) is 1.96. The molecule has 7 heteroatoms. The van der Waals surface area contributed by atoms with E-state index in [-0.39, 0.29) is 34.7 Å². The number of nitrogens with zero attached hydrogens (tertiary/aromatic N) is 1. The molecule has 1 heterocycles. The van der Waals surface area contributed by atoms with E-state index in [1.165, 1.54) is 28.1 Å². The smallest absolute Gasteiger partial charge is 0.302 e. The zero-order valence-electron chi connectivity index (χ0n) is 15.3. The van der Waals surface area contributed by atoms with E-state index >= 15 is 0 Å². The first-order valence-electron chi connectivity index (χ1n) is 8.14. The number of ketones is 1. The number of piperidine rings is 1. The lowest BCUT2D eigenvalue weighted by atomic mass is 9.85. The van der Waals surface area contributed by atoms with Gasteiger partial charge in [-0.2, -0.15) is 0 Å². The molecule has 0 aliphatic carbocycles. The van der Waals surface area contributed by atoms with Crippen molar-refractivity contribution in [2.75, 3.05) is 34.4 Å². The highest BCUT2D eigenvalue weighted by Gasteiger charge is 2.37. The van der Waals surface area contributed by atoms with Crippen molar-refractivity contribution in [2.24, 2.45) is 0 Å². The minimum atomic E-state index is -0.401. The second-order valence-electron chi connectivity index (χ2n) is 6.28. The number of esters is 1. The van der Waals surface area contributed by atoms with Crippen molar-refractivity contribution in [3.63, 3.8) is 0 Å². The first-order valence-corrected chi connectivity index (χ1v) is 8.14. The number of likely N-dealkylation sites (N-methyl/N-ethyl adjacent to an activating group) is 1. The number of Topliss-reactive ketones (excluding diaryl/α,β-unsaturated/α-hetero) is 1. The van der Waals surface area contributed by atoms with Gasteiger partial charge in [-0.3, -0.25) is 9.59 Å². The van der Waals surface area contributed by atoms with Crippen LogP contribution < -0.4 is 9.47 Å². The quantitative estimate of drug-likeness (QED) is 0.641. The number of carbonyl (C=O) groups is 2. The monoisotopic (exact) mass is 351 g/mol. The lowest BCUT2D eigenvalue weighted by Crippen LogP contribution is -2.41. The van der Waals surface area contributed by atoms with E-state index in [0.717, 1.165) is 6.54 Å². The van der Waals surface area contributed by atoms with Gasteiger partial charge in [0.05, 0.1) is 14.2 Å². The van der Waals surface area contributed by atoms with Crippen LogP contribution in [0.2, 0.25) is 0 Å². The molecule has 1 aliphatic heterocycles. The maximum Gasteiger partial charge on any atom is 0.302 e. The van der Waals surface area contributed by atoms with Gasteiger partial charge in [0.25, 0.3) is 0 Å². The third-order valence-corrected chi connectivity index (χ3v) is 4.50. The van der Waals surface area contributed by atoms with Crippen LogP contribution in [0, 0.1) is 0 Å². The number of hydrogen-bond donors (Lipinski definition) is 1. The van der Waals surface area contributed by atoms with E-state index in [0.29, 0.717) is 24.3 Å². The number of aromatic hydroxyl groups is 1. The Morgan fingerprint density at radius 1 is 1.20 bits per heavy atom. The van der Waals surface area contributed by atoms with Crippen LogP contribution in [-0.2, 0) is 9.53 Å². The Morgan fingerprint density at radius 2 is 1.84 bits per heavy atom. The lowest BCUT2D eigenvalue weighted by Gasteiger charge is -2.37. The van der Waals surface area contributed by atoms with Crippen LogP contribution in [0.5, 0.6) is 17.2 Å². The van der Waals surface area contributed by atoms with E-state index in [4.69, 9.17) is 14.2 Å². The SMILES string of the molecule is COc1cc(OC)c([C@@H]2CN(C)CC[C@@H]2OC(C)=O)c(O)c1C(C)=O. The molecule has 25 heavy (non-hydrogen) atoms. The molecule has 2 atom stereocenters. The lowest BCUT2D eigenvalue weighted by molar-refractivity contribution is -0.149. The van der Waals surface area contributed by atoms with Gasteiger partial charge in [0.1, 0.15) is 28.9 Å². The molecular weight excluding hydrogens is 326 g/mol. The number of phenolic OH excluding ortho intramolecular Hbond substituents is 1. The van der Waals surface area contributed by atoms with Crippen LogP contribution in [0.1, 0.15) is 42.1 Å². The third kappa shape index (κ3) is 3.87. The number of benzene rings is 1. The molecule has 0 unspecified atom stereocenters. The maximum absolute atomic E-state index is 12.0. The standard InChI is InChI=1S/C18H25NO6/c1-10(20)16-14(23-4)8-15(24-5)17(18(16)22)12-9-19(3)7-6-13(12)25-11(2)21/h8,12-13,22H,6-7,9H2,1-5H3/t12-,13+/m1/s1. The molecule has 0 radical (unpaired) electrons. The highest BCUT2D eigenvalue weighted by molar-refractivity contribution is 6.00. The van der Waals surface area contributed by atoms with E-state index in [2.05, 4.69) is 4.90 Å². The van der Waals surface area contributed by atoms with Crippen LogP contribution in [0.4, 0.5) is 0 Å². The van der Waals surface area contributed by atoms with Crippen molar-refractivity contribution < 1.29 is 28.9 Å². The normalized spacial score (nSPS) is 20.8. The molecule has 1 aromatic carbocycles. The number of carbonyl (C=O) groups excluding carboxylic acids is 2. The summed E-state index contributed by atoms with van der Waals surface area (Å²) in [4.78, 5) is 25.6. The van der Waals surface area contributed by atoms with Crippen LogP contribution in [0.25, 0.3) is 0 Å². The first-order chi connectivity index (χ1) is 11.8. The van der Waals surface area contributed by atoms with Crippen molar-refractivity contribution >= 4 is 11.8 Å². The minimum absolute atomic E-state index is 0.105. The van der Waals surface area contributed by atoms with Gasteiger partial charge in [0.2, 0.25) is 0 Å². The Labute approximate surface area is 147 Å². The zero-order chi connectivity index (χ0) is 18.7. The number of phenols is 1. The van der Waals surface area contributed by atoms with Crippen LogP contribution in [-0.4, -0.2) is 62.2 Å². The highest BCUT2D eigenvalue weighted by atomic mass is 16.5. The zero-order valence-corrected chi connectivity index (χ0v) is 15.3. The van der Waals surface area contributed by atoms with Crippen molar-refractivity contribution in [2.45, 2.75) is 32.3 Å². The highest BCUT2D eigenvalue weighted by Crippen LogP contribution is 2.45. The fourth-order valence-corrected chi connectivity index (χ4v) is 3.39. The maximum atomic E-state index is 12.0. The number of rotatable bonds is 5. The van der Waals surface area contributed by atoms with Crippen LogP contribution >= 0.6 is 0 Å². The number of methoxy groups -OCH3 is 2. The summed E-state index contributed by atoms with van der Waals surface area (Å²) in [5, 5.41) is 10.8. The average Bonchev–Trinajstić information content (AvgIpc) is 2.54. The summed E-state index contributed by atoms with van der Waals surface area (Å²) < 4.78 is 16.1. The summed E-state index contributed by atoms with van der Waals surface area (Å²) in [6, 6.07) is 1.59. The molecule has 0 saturated carbocycles. The largest absolute Gasteiger partial charge is 0.507 e. The molecule has 138 valence electrons. The van der Waals surface area contributed by atoms with Gasteiger partial charge in [0, 0.05) is 37.6 Å². The average molecular weight is 351 g/mol. The van der Waals surface area contributed by atoms with Gasteiger partial charge < -0.3 is 24.2 Å². The molecule has 0 amide bonds. The van der Waals surface area contributed by atoms with Gasteiger partial charge >= 0.3 is 5.97 Å². The molecule has 1 saturated heterocycles. The first kappa shape index (κ1) is 19.1. The summed E-state index contributed by atoms with van der Waals surface area (Å²) in [7, 11) is 4.87. The molecule has 1 aliphatic rings. The molecule has 0 spiro atoms. The summed E-state index contributed by atoms with van der Waals surface area (Å²) >= 11 is 0. The predicted molar refractivity (Wildman–Crippen MR) is 91.6 cm³/mol. The Kier molecular flexibility index (Phi) is 5.89. The second-order valence-corrected chi connectivity index (χ2v) is 6.28. The fourth-order valence-electron chi connectivity index (χ4n) is 3.39. The Morgan fingerprint density at radius 3 is 2.36 bits per heavy atom. The summed E-state index contributed by atoms with van der Waals surface area (Å²) in [6.07, 6.45) is 0.229. The number of likely N-dealkylation sites (tertiary alicyclic amines) is 1. The number of hydrogen-bond acceptors (Lipinski definition) is 7. The molecule has 1 fully saturated rings. The van der Waals surface area contributed by atoms with E-state index in [9.17, 15) is 14.7 Å². The number of ether oxygens (including phenoxy) is 3. The van der Waals surface area contributed by atoms with Crippen molar-refractivity contribution in [1.82, 2.24) is 4.90 Å². The summed E-state index contributed by atoms with van der Waals surface area (Å²) in [5.74, 6) is -0.539. The molecule has 1 aromatic rings. The van der Waals surface area contributed by atoms with Gasteiger partial charge in [-0.1, -0.05) is 0 Å². The summed E-state index contributed by atoms with van der Waals surface area (Å²) in [6.45, 7) is 4.06. The summed E-state index contributed by atoms with van der Waals surface area (Å²) in [5.41, 5.74) is 0.569. The Hall–Kier alpha value is -2.28. The molecule has 0 aromatic heterocycles. The van der Waals surface area contributed by atoms with Crippen LogP contribution in [0.3, 0.4) is 0 Å². The molecular formula is C18H25NO6. The molecule has 7 nitrogen and oxygen atoms in total. The van der Waals surface area contributed by atoms with Gasteiger partial charge in [-0.25, -0.2) is 0 Å². The van der Waals surface area contributed by atoms with E-state index in [1.807, 2.05) is 7.05 Å². The van der Waals surface area contributed by atoms with Crippen molar-refractivity contribution in [1.29, 1.82) is 0 Å². The van der Waals surface area contributed by atoms with E-state index < -0.39 is 6.10 Å². The molecule has 0 bridgehead atoms. The van der Waals surface area contributed by atoms with Crippen molar-refractivity contribution in [3.05, 3.63) is 17.2 Å². The van der Waals surface area contributed by atoms with Crippen LogP contribution in [0.15, 0.2) is 6.07 Å². The van der Waals surface area contributed by atoms with Gasteiger partial charge in [-0.15, -0.1) is 0 Å². The van der Waals surface area contributed by atoms with Gasteiger partial charge in [0.15, 0.2) is 5.78 Å². The minimum Gasteiger partial charge on any atom is -0.507 e.